The van der Waals surface area contributed by atoms with Gasteiger partial charge in [0.2, 0.25) is 0 Å². The highest BCUT2D eigenvalue weighted by atomic mass is 16.5. The van der Waals surface area contributed by atoms with Gasteiger partial charge in [0.1, 0.15) is 23.1 Å². The maximum Gasteiger partial charge on any atom is 0.277 e. The van der Waals surface area contributed by atoms with Crippen LogP contribution < -0.4 is 15.0 Å². The fourth-order valence-electron chi connectivity index (χ4n) is 3.70. The van der Waals surface area contributed by atoms with Gasteiger partial charge in [-0.2, -0.15) is 0 Å². The zero-order valence-electron chi connectivity index (χ0n) is 16.8. The maximum atomic E-state index is 13.3. The summed E-state index contributed by atoms with van der Waals surface area (Å²) in [6.45, 7) is 4.46. The van der Waals surface area contributed by atoms with Crippen molar-refractivity contribution >= 4 is 17.4 Å². The number of fused-ring (bicyclic) bond motifs is 1. The molecule has 6 nitrogen and oxygen atoms in total. The summed E-state index contributed by atoms with van der Waals surface area (Å²) in [4.78, 5) is 23.9. The first kappa shape index (κ1) is 18.9. The molecule has 0 spiro atoms. The predicted octanol–water partition coefficient (Wildman–Crippen LogP) is 4.00. The van der Waals surface area contributed by atoms with Crippen molar-refractivity contribution in [3.05, 3.63) is 77.2 Å². The number of aryl methyl sites for hydroxylation is 1. The number of hydrogen-bond donors (Lipinski definition) is 1. The molecule has 29 heavy (non-hydrogen) atoms. The third kappa shape index (κ3) is 3.92. The highest BCUT2D eigenvalue weighted by molar-refractivity contribution is 6.06. The number of ether oxygens (including phenoxy) is 1. The summed E-state index contributed by atoms with van der Waals surface area (Å²) in [5.41, 5.74) is 3.65. The standard InChI is InChI=1S/C23H24N4O2/c1-15-12-18-6-4-5-7-21(18)27(15)23(28)20-13-22(26-16(2)25-20)24-14-17-8-10-19(29-3)11-9-17/h4-11,13,15H,12,14H2,1-3H3,(H,24,25,26). The van der Waals surface area contributed by atoms with Crippen LogP contribution in [0.25, 0.3) is 0 Å². The average Bonchev–Trinajstić information content (AvgIpc) is 3.07. The number of nitrogens with zero attached hydrogens (tertiary/aromatic N) is 3. The zero-order chi connectivity index (χ0) is 20.4. The van der Waals surface area contributed by atoms with Gasteiger partial charge in [0.05, 0.1) is 7.11 Å². The van der Waals surface area contributed by atoms with Gasteiger partial charge in [-0.05, 0) is 49.6 Å². The lowest BCUT2D eigenvalue weighted by atomic mass is 10.1. The number of aromatic nitrogens is 2. The molecule has 0 saturated carbocycles. The van der Waals surface area contributed by atoms with E-state index in [-0.39, 0.29) is 11.9 Å². The van der Waals surface area contributed by atoms with E-state index in [1.807, 2.05) is 47.4 Å². The van der Waals surface area contributed by atoms with Crippen LogP contribution in [0, 0.1) is 6.92 Å². The Bertz CT molecular complexity index is 1030. The molecule has 4 rings (SSSR count). The Balaban J connectivity index is 1.54. The molecule has 2 heterocycles. The van der Waals surface area contributed by atoms with Crippen LogP contribution in [0.2, 0.25) is 0 Å². The summed E-state index contributed by atoms with van der Waals surface area (Å²) in [6.07, 6.45) is 0.856. The molecular formula is C23H24N4O2. The minimum absolute atomic E-state index is 0.0968. The summed E-state index contributed by atoms with van der Waals surface area (Å²) in [5.74, 6) is 1.92. The molecule has 1 aromatic heterocycles. The van der Waals surface area contributed by atoms with Crippen molar-refractivity contribution in [3.63, 3.8) is 0 Å². The van der Waals surface area contributed by atoms with E-state index >= 15 is 0 Å². The first-order valence-corrected chi connectivity index (χ1v) is 9.69. The molecule has 1 aliphatic rings. The Labute approximate surface area is 170 Å². The molecule has 0 bridgehead atoms. The fourth-order valence-corrected chi connectivity index (χ4v) is 3.70. The van der Waals surface area contributed by atoms with Crippen molar-refractivity contribution in [1.29, 1.82) is 0 Å². The van der Waals surface area contributed by atoms with Crippen LogP contribution in [0.4, 0.5) is 11.5 Å². The van der Waals surface area contributed by atoms with Crippen molar-refractivity contribution in [2.24, 2.45) is 0 Å². The van der Waals surface area contributed by atoms with Crippen LogP contribution in [-0.4, -0.2) is 29.0 Å². The molecule has 0 fully saturated rings. The van der Waals surface area contributed by atoms with Gasteiger partial charge in [-0.3, -0.25) is 4.79 Å². The van der Waals surface area contributed by atoms with Crippen LogP contribution in [0.5, 0.6) is 5.75 Å². The maximum absolute atomic E-state index is 13.3. The molecule has 1 aliphatic heterocycles. The summed E-state index contributed by atoms with van der Waals surface area (Å²) in [6, 6.07) is 17.7. The number of hydrogen-bond acceptors (Lipinski definition) is 5. The van der Waals surface area contributed by atoms with Crippen LogP contribution in [0.1, 0.15) is 34.4 Å². The van der Waals surface area contributed by atoms with E-state index in [2.05, 4.69) is 28.3 Å². The van der Waals surface area contributed by atoms with Gasteiger partial charge in [0.25, 0.3) is 5.91 Å². The highest BCUT2D eigenvalue weighted by Crippen LogP contribution is 2.33. The van der Waals surface area contributed by atoms with Crippen LogP contribution in [0.3, 0.4) is 0 Å². The highest BCUT2D eigenvalue weighted by Gasteiger charge is 2.32. The third-order valence-corrected chi connectivity index (χ3v) is 5.12. The first-order valence-electron chi connectivity index (χ1n) is 9.69. The second kappa shape index (κ2) is 7.91. The third-order valence-electron chi connectivity index (χ3n) is 5.12. The second-order valence-electron chi connectivity index (χ2n) is 7.24. The molecule has 1 amide bonds. The molecule has 0 radical (unpaired) electrons. The first-order chi connectivity index (χ1) is 14.0. The molecule has 148 valence electrons. The Morgan fingerprint density at radius 2 is 1.93 bits per heavy atom. The summed E-state index contributed by atoms with van der Waals surface area (Å²) >= 11 is 0. The Morgan fingerprint density at radius 3 is 2.69 bits per heavy atom. The molecule has 0 saturated heterocycles. The van der Waals surface area contributed by atoms with Crippen molar-refractivity contribution in [3.8, 4) is 5.75 Å². The van der Waals surface area contributed by atoms with Gasteiger partial charge in [0, 0.05) is 24.3 Å². The number of carbonyl (C=O) groups excluding carboxylic acids is 1. The van der Waals surface area contributed by atoms with E-state index in [0.717, 1.165) is 23.4 Å². The molecule has 1 atom stereocenters. The van der Waals surface area contributed by atoms with Crippen LogP contribution in [-0.2, 0) is 13.0 Å². The number of anilines is 2. The Hall–Kier alpha value is -3.41. The van der Waals surface area contributed by atoms with E-state index < -0.39 is 0 Å². The van der Waals surface area contributed by atoms with Crippen LogP contribution in [0.15, 0.2) is 54.6 Å². The van der Waals surface area contributed by atoms with E-state index in [4.69, 9.17) is 4.74 Å². The molecule has 2 aromatic carbocycles. The van der Waals surface area contributed by atoms with Crippen molar-refractivity contribution in [1.82, 2.24) is 9.97 Å². The monoisotopic (exact) mass is 388 g/mol. The molecule has 6 heteroatoms. The Kier molecular flexibility index (Phi) is 5.16. The number of nitrogens with one attached hydrogen (secondary N) is 1. The van der Waals surface area contributed by atoms with E-state index in [1.165, 1.54) is 5.56 Å². The number of para-hydroxylation sites is 1. The van der Waals surface area contributed by atoms with Crippen molar-refractivity contribution in [2.75, 3.05) is 17.3 Å². The minimum atomic E-state index is -0.0968. The van der Waals surface area contributed by atoms with E-state index in [9.17, 15) is 4.79 Å². The average molecular weight is 388 g/mol. The smallest absolute Gasteiger partial charge is 0.277 e. The number of rotatable bonds is 5. The Morgan fingerprint density at radius 1 is 1.17 bits per heavy atom. The van der Waals surface area contributed by atoms with Gasteiger partial charge < -0.3 is 15.0 Å². The lowest BCUT2D eigenvalue weighted by Gasteiger charge is -2.22. The van der Waals surface area contributed by atoms with Crippen LogP contribution >= 0.6 is 0 Å². The van der Waals surface area contributed by atoms with E-state index in [1.54, 1.807) is 20.1 Å². The molecular weight excluding hydrogens is 364 g/mol. The van der Waals surface area contributed by atoms with Gasteiger partial charge >= 0.3 is 0 Å². The van der Waals surface area contributed by atoms with Gasteiger partial charge in [-0.25, -0.2) is 9.97 Å². The summed E-state index contributed by atoms with van der Waals surface area (Å²) in [7, 11) is 1.65. The minimum Gasteiger partial charge on any atom is -0.497 e. The lowest BCUT2D eigenvalue weighted by molar-refractivity contribution is 0.0976. The lowest BCUT2D eigenvalue weighted by Crippen LogP contribution is -2.36. The number of carbonyl (C=O) groups is 1. The zero-order valence-corrected chi connectivity index (χ0v) is 16.8. The predicted molar refractivity (Wildman–Crippen MR) is 114 cm³/mol. The second-order valence-corrected chi connectivity index (χ2v) is 7.24. The molecule has 1 unspecified atom stereocenters. The SMILES string of the molecule is COc1ccc(CNc2cc(C(=O)N3c4ccccc4CC3C)nc(C)n2)cc1. The number of methoxy groups -OCH3 is 1. The molecule has 3 aromatic rings. The van der Waals surface area contributed by atoms with Gasteiger partial charge in [-0.1, -0.05) is 30.3 Å². The van der Waals surface area contributed by atoms with Gasteiger partial charge in [0.15, 0.2) is 0 Å². The number of benzene rings is 2. The fraction of sp³-hybridized carbons (Fsp3) is 0.261. The normalized spacial score (nSPS) is 15.1. The van der Waals surface area contributed by atoms with Crippen molar-refractivity contribution in [2.45, 2.75) is 32.9 Å². The van der Waals surface area contributed by atoms with Crippen molar-refractivity contribution < 1.29 is 9.53 Å². The summed E-state index contributed by atoms with van der Waals surface area (Å²) < 4.78 is 5.19. The summed E-state index contributed by atoms with van der Waals surface area (Å²) in [5, 5.41) is 3.29. The van der Waals surface area contributed by atoms with E-state index in [0.29, 0.717) is 23.9 Å². The largest absolute Gasteiger partial charge is 0.497 e. The molecule has 1 N–H and O–H groups in total. The number of amides is 1. The molecule has 0 aliphatic carbocycles. The quantitative estimate of drug-likeness (QED) is 0.716. The van der Waals surface area contributed by atoms with Gasteiger partial charge in [-0.15, -0.1) is 0 Å². The topological polar surface area (TPSA) is 67.3 Å².